The maximum absolute atomic E-state index is 13.2. The molecule has 4 rings (SSSR count). The molecule has 4 aromatic rings. The zero-order valence-electron chi connectivity index (χ0n) is 19.5. The Bertz CT molecular complexity index is 1310. The molecule has 0 unspecified atom stereocenters. The van der Waals surface area contributed by atoms with Gasteiger partial charge in [-0.15, -0.1) is 11.3 Å². The van der Waals surface area contributed by atoms with E-state index >= 15 is 0 Å². The number of aromatic nitrogens is 2. The van der Waals surface area contributed by atoms with Crippen molar-refractivity contribution in [3.8, 4) is 11.5 Å². The second kappa shape index (κ2) is 12.1. The van der Waals surface area contributed by atoms with Crippen LogP contribution in [0, 0.1) is 0 Å². The summed E-state index contributed by atoms with van der Waals surface area (Å²) in [4.78, 5) is 22.9. The molecule has 0 saturated heterocycles. The Labute approximate surface area is 223 Å². The summed E-state index contributed by atoms with van der Waals surface area (Å²) in [7, 11) is 3.11. The molecule has 36 heavy (non-hydrogen) atoms. The molecule has 1 N–H and O–H groups in total. The van der Waals surface area contributed by atoms with Crippen LogP contribution in [0.2, 0.25) is 10.0 Å². The molecule has 3 heterocycles. The van der Waals surface area contributed by atoms with Gasteiger partial charge in [0.15, 0.2) is 11.5 Å². The molecule has 0 aliphatic heterocycles. The number of ether oxygens (including phenoxy) is 3. The number of nitrogens with zero attached hydrogens (tertiary/aromatic N) is 2. The molecule has 7 nitrogen and oxygen atoms in total. The number of benzene rings is 1. The Kier molecular flexibility index (Phi) is 8.64. The van der Waals surface area contributed by atoms with Crippen molar-refractivity contribution in [3.63, 3.8) is 0 Å². The van der Waals surface area contributed by atoms with Gasteiger partial charge in [-0.05, 0) is 47.5 Å². The Hall–Kier alpha value is -3.33. The highest BCUT2D eigenvalue weighted by Crippen LogP contribution is 2.36. The lowest BCUT2D eigenvalue weighted by atomic mass is 10.0. The lowest BCUT2D eigenvalue weighted by Crippen LogP contribution is -2.14. The molecule has 0 radical (unpaired) electrons. The molecule has 1 atom stereocenters. The number of anilines is 1. The first kappa shape index (κ1) is 25.8. The molecule has 0 saturated carbocycles. The van der Waals surface area contributed by atoms with E-state index in [-0.39, 0.29) is 6.42 Å². The SMILES string of the molecule is COc1ccc([C@H](Cc2c(Cl)cncc2Cl)OC(=O)c2ccc(CNc3ccccn3)s2)cc1OC. The molecular weight excluding hydrogens is 521 g/mol. The zero-order valence-corrected chi connectivity index (χ0v) is 21.9. The lowest BCUT2D eigenvalue weighted by Gasteiger charge is -2.20. The van der Waals surface area contributed by atoms with Crippen LogP contribution in [0.25, 0.3) is 0 Å². The Morgan fingerprint density at radius 3 is 2.50 bits per heavy atom. The molecule has 186 valence electrons. The second-order valence-corrected chi connectivity index (χ2v) is 9.61. The predicted octanol–water partition coefficient (Wildman–Crippen LogP) is 6.62. The summed E-state index contributed by atoms with van der Waals surface area (Å²) in [5.74, 6) is 1.39. The van der Waals surface area contributed by atoms with Crippen molar-refractivity contribution in [3.05, 3.63) is 98.0 Å². The number of carbonyl (C=O) groups is 1. The van der Waals surface area contributed by atoms with Crippen molar-refractivity contribution in [2.24, 2.45) is 0 Å². The van der Waals surface area contributed by atoms with E-state index in [4.69, 9.17) is 37.4 Å². The molecule has 0 aliphatic carbocycles. The van der Waals surface area contributed by atoms with E-state index in [0.29, 0.717) is 44.1 Å². The van der Waals surface area contributed by atoms with Crippen LogP contribution in [0.4, 0.5) is 5.82 Å². The van der Waals surface area contributed by atoms with Crippen molar-refractivity contribution in [1.82, 2.24) is 9.97 Å². The average Bonchev–Trinajstić information content (AvgIpc) is 3.38. The predicted molar refractivity (Wildman–Crippen MR) is 142 cm³/mol. The molecular formula is C26H23Cl2N3O4S. The highest BCUT2D eigenvalue weighted by atomic mass is 35.5. The molecule has 0 aliphatic rings. The monoisotopic (exact) mass is 543 g/mol. The van der Waals surface area contributed by atoms with Gasteiger partial charge in [0.25, 0.3) is 0 Å². The zero-order chi connectivity index (χ0) is 25.5. The van der Waals surface area contributed by atoms with Crippen LogP contribution in [0.3, 0.4) is 0 Å². The quantitative estimate of drug-likeness (QED) is 0.225. The van der Waals surface area contributed by atoms with Gasteiger partial charge in [0.2, 0.25) is 0 Å². The fourth-order valence-corrected chi connectivity index (χ4v) is 4.86. The number of pyridine rings is 2. The topological polar surface area (TPSA) is 82.6 Å². The van der Waals surface area contributed by atoms with Crippen molar-refractivity contribution >= 4 is 46.3 Å². The molecule has 0 fully saturated rings. The van der Waals surface area contributed by atoms with Crippen molar-refractivity contribution < 1.29 is 19.0 Å². The summed E-state index contributed by atoms with van der Waals surface area (Å²) in [6.07, 6.45) is 4.30. The highest BCUT2D eigenvalue weighted by molar-refractivity contribution is 7.13. The summed E-state index contributed by atoms with van der Waals surface area (Å²) < 4.78 is 16.8. The Morgan fingerprint density at radius 1 is 1.03 bits per heavy atom. The van der Waals surface area contributed by atoms with Crippen molar-refractivity contribution in [2.45, 2.75) is 19.1 Å². The summed E-state index contributed by atoms with van der Waals surface area (Å²) in [6, 6.07) is 14.6. The largest absolute Gasteiger partial charge is 0.493 e. The maximum atomic E-state index is 13.2. The van der Waals surface area contributed by atoms with E-state index < -0.39 is 12.1 Å². The van der Waals surface area contributed by atoms with Crippen molar-refractivity contribution in [1.29, 1.82) is 0 Å². The van der Waals surface area contributed by atoms with Crippen LogP contribution in [-0.2, 0) is 17.7 Å². The lowest BCUT2D eigenvalue weighted by molar-refractivity contribution is 0.0303. The van der Waals surface area contributed by atoms with E-state index in [1.165, 1.54) is 23.7 Å². The number of hydrogen-bond acceptors (Lipinski definition) is 8. The fourth-order valence-electron chi connectivity index (χ4n) is 3.51. The van der Waals surface area contributed by atoms with Crippen LogP contribution in [0.15, 0.2) is 67.1 Å². The van der Waals surface area contributed by atoms with E-state index in [2.05, 4.69) is 15.3 Å². The number of methoxy groups -OCH3 is 2. The second-order valence-electron chi connectivity index (χ2n) is 7.63. The summed E-state index contributed by atoms with van der Waals surface area (Å²) in [6.45, 7) is 0.538. The van der Waals surface area contributed by atoms with Gasteiger partial charge in [-0.2, -0.15) is 0 Å². The smallest absolute Gasteiger partial charge is 0.348 e. The molecule has 3 aromatic heterocycles. The fraction of sp³-hybridized carbons (Fsp3) is 0.192. The number of thiophene rings is 1. The first-order chi connectivity index (χ1) is 17.5. The minimum atomic E-state index is -0.688. The number of hydrogen-bond donors (Lipinski definition) is 1. The van der Waals surface area contributed by atoms with E-state index in [0.717, 1.165) is 10.7 Å². The first-order valence-electron chi connectivity index (χ1n) is 10.9. The number of nitrogens with one attached hydrogen (secondary N) is 1. The normalized spacial score (nSPS) is 11.6. The van der Waals surface area contributed by atoms with Gasteiger partial charge >= 0.3 is 5.97 Å². The van der Waals surface area contributed by atoms with E-state index in [1.807, 2.05) is 30.3 Å². The van der Waals surface area contributed by atoms with Gasteiger partial charge in [-0.1, -0.05) is 35.3 Å². The third-order valence-corrected chi connectivity index (χ3v) is 7.06. The van der Waals surface area contributed by atoms with Crippen LogP contribution in [0.5, 0.6) is 11.5 Å². The van der Waals surface area contributed by atoms with Crippen LogP contribution in [0.1, 0.15) is 31.8 Å². The number of carbonyl (C=O) groups excluding carboxylic acids is 1. The van der Waals surface area contributed by atoms with Gasteiger partial charge in [0.1, 0.15) is 16.8 Å². The summed E-state index contributed by atoms with van der Waals surface area (Å²) >= 11 is 14.1. The van der Waals surface area contributed by atoms with E-state index in [9.17, 15) is 4.79 Å². The van der Waals surface area contributed by atoms with Gasteiger partial charge < -0.3 is 19.5 Å². The van der Waals surface area contributed by atoms with Crippen molar-refractivity contribution in [2.75, 3.05) is 19.5 Å². The van der Waals surface area contributed by atoms with Gasteiger partial charge in [0, 0.05) is 29.9 Å². The van der Waals surface area contributed by atoms with Crippen LogP contribution in [-0.4, -0.2) is 30.2 Å². The Balaban J connectivity index is 1.56. The first-order valence-corrected chi connectivity index (χ1v) is 12.5. The number of rotatable bonds is 10. The average molecular weight is 544 g/mol. The van der Waals surface area contributed by atoms with Gasteiger partial charge in [-0.25, -0.2) is 9.78 Å². The molecule has 0 spiro atoms. The minimum absolute atomic E-state index is 0.251. The third-order valence-electron chi connectivity index (χ3n) is 5.34. The van der Waals surface area contributed by atoms with Crippen LogP contribution < -0.4 is 14.8 Å². The molecule has 0 amide bonds. The van der Waals surface area contributed by atoms with E-state index in [1.54, 1.807) is 38.6 Å². The molecule has 1 aromatic carbocycles. The number of esters is 1. The molecule has 10 heteroatoms. The van der Waals surface area contributed by atoms with Crippen LogP contribution >= 0.6 is 34.5 Å². The number of halogens is 2. The third kappa shape index (κ3) is 6.26. The minimum Gasteiger partial charge on any atom is -0.493 e. The standard InChI is InChI=1S/C26H23Cl2N3O4S/c1-33-21-8-6-16(11-23(21)34-2)22(12-18-19(27)14-29-15-20(18)28)35-26(32)24-9-7-17(36-24)13-31-25-5-3-4-10-30-25/h3-11,14-15,22H,12-13H2,1-2H3,(H,30,31)/t22-/m0/s1. The highest BCUT2D eigenvalue weighted by Gasteiger charge is 2.24. The molecule has 0 bridgehead atoms. The Morgan fingerprint density at radius 2 is 1.81 bits per heavy atom. The summed E-state index contributed by atoms with van der Waals surface area (Å²) in [5, 5.41) is 4.02. The summed E-state index contributed by atoms with van der Waals surface area (Å²) in [5.41, 5.74) is 1.34. The van der Waals surface area contributed by atoms with Gasteiger partial charge in [0.05, 0.1) is 30.8 Å². The van der Waals surface area contributed by atoms with Gasteiger partial charge in [-0.3, -0.25) is 4.98 Å². The maximum Gasteiger partial charge on any atom is 0.348 e.